The fourth-order valence-electron chi connectivity index (χ4n) is 2.78. The van der Waals surface area contributed by atoms with Gasteiger partial charge in [-0.05, 0) is 37.0 Å². The smallest absolute Gasteiger partial charge is 0.184 e. The molecule has 1 saturated carbocycles. The topological polar surface area (TPSA) is 34.1 Å². The molecule has 0 radical (unpaired) electrons. The Balaban J connectivity index is 1.81. The van der Waals surface area contributed by atoms with Gasteiger partial charge in [0.05, 0.1) is 17.3 Å². The van der Waals surface area contributed by atoms with Crippen molar-refractivity contribution in [2.45, 2.75) is 38.6 Å². The third-order valence-electron chi connectivity index (χ3n) is 4.02. The molecule has 1 fully saturated rings. The molecule has 2 aromatic rings. The van der Waals surface area contributed by atoms with Gasteiger partial charge in [-0.15, -0.1) is 0 Å². The minimum Gasteiger partial charge on any atom is -0.497 e. The first kappa shape index (κ1) is 12.7. The fourth-order valence-corrected chi connectivity index (χ4v) is 3.74. The largest absolute Gasteiger partial charge is 0.497 e. The van der Waals surface area contributed by atoms with Crippen LogP contribution in [0.5, 0.6) is 5.75 Å². The van der Waals surface area contributed by atoms with Gasteiger partial charge in [-0.1, -0.05) is 31.1 Å². The van der Waals surface area contributed by atoms with Crippen molar-refractivity contribution >= 4 is 26.7 Å². The van der Waals surface area contributed by atoms with Crippen molar-refractivity contribution < 1.29 is 4.74 Å². The maximum Gasteiger partial charge on any atom is 0.184 e. The van der Waals surface area contributed by atoms with Gasteiger partial charge in [0.15, 0.2) is 5.13 Å². The molecule has 1 N–H and O–H groups in total. The SMILES string of the molecule is COc1ccc2nc(NC3CCCCC3C)sc2c1. The van der Waals surface area contributed by atoms with Crippen LogP contribution in [0, 0.1) is 5.92 Å². The highest BCUT2D eigenvalue weighted by molar-refractivity contribution is 7.22. The Kier molecular flexibility index (Phi) is 3.60. The van der Waals surface area contributed by atoms with Gasteiger partial charge in [0.2, 0.25) is 0 Å². The summed E-state index contributed by atoms with van der Waals surface area (Å²) in [6, 6.07) is 6.63. The van der Waals surface area contributed by atoms with Gasteiger partial charge in [0, 0.05) is 6.04 Å². The van der Waals surface area contributed by atoms with Gasteiger partial charge in [-0.2, -0.15) is 0 Å². The number of nitrogens with zero attached hydrogens (tertiary/aromatic N) is 1. The van der Waals surface area contributed by atoms with Gasteiger partial charge in [-0.25, -0.2) is 4.98 Å². The lowest BCUT2D eigenvalue weighted by Crippen LogP contribution is -2.30. The average molecular weight is 276 g/mol. The molecule has 0 spiro atoms. The molecule has 3 rings (SSSR count). The van der Waals surface area contributed by atoms with Crippen LogP contribution in [0.25, 0.3) is 10.2 Å². The Labute approximate surface area is 118 Å². The highest BCUT2D eigenvalue weighted by Crippen LogP contribution is 2.32. The molecule has 1 aromatic heterocycles. The number of fused-ring (bicyclic) bond motifs is 1. The summed E-state index contributed by atoms with van der Waals surface area (Å²) < 4.78 is 6.44. The maximum absolute atomic E-state index is 5.26. The Hall–Kier alpha value is -1.29. The third kappa shape index (κ3) is 2.68. The lowest BCUT2D eigenvalue weighted by atomic mass is 9.86. The number of aromatic nitrogens is 1. The van der Waals surface area contributed by atoms with Crippen LogP contribution < -0.4 is 10.1 Å². The summed E-state index contributed by atoms with van der Waals surface area (Å²) in [5.74, 6) is 1.64. The molecule has 1 aliphatic rings. The van der Waals surface area contributed by atoms with E-state index in [-0.39, 0.29) is 0 Å². The normalized spacial score (nSPS) is 23.5. The lowest BCUT2D eigenvalue weighted by Gasteiger charge is -2.29. The zero-order valence-electron chi connectivity index (χ0n) is 11.5. The predicted octanol–water partition coefficient (Wildman–Crippen LogP) is 4.30. The van der Waals surface area contributed by atoms with E-state index in [1.165, 1.54) is 30.4 Å². The summed E-state index contributed by atoms with van der Waals surface area (Å²) >= 11 is 1.72. The quantitative estimate of drug-likeness (QED) is 0.907. The molecular weight excluding hydrogens is 256 g/mol. The molecule has 2 atom stereocenters. The van der Waals surface area contributed by atoms with E-state index < -0.39 is 0 Å². The van der Waals surface area contributed by atoms with E-state index in [0.29, 0.717) is 6.04 Å². The molecular formula is C15H20N2OS. The van der Waals surface area contributed by atoms with E-state index in [4.69, 9.17) is 4.74 Å². The first-order valence-electron chi connectivity index (χ1n) is 6.97. The van der Waals surface area contributed by atoms with Gasteiger partial charge in [-0.3, -0.25) is 0 Å². The molecule has 2 unspecified atom stereocenters. The third-order valence-corrected chi connectivity index (χ3v) is 4.97. The zero-order chi connectivity index (χ0) is 13.2. The number of ether oxygens (including phenoxy) is 1. The predicted molar refractivity (Wildman–Crippen MR) is 81.2 cm³/mol. The van der Waals surface area contributed by atoms with Crippen LogP contribution >= 0.6 is 11.3 Å². The summed E-state index contributed by atoms with van der Waals surface area (Å²) in [5, 5.41) is 4.67. The molecule has 0 saturated heterocycles. The summed E-state index contributed by atoms with van der Waals surface area (Å²) in [7, 11) is 1.70. The summed E-state index contributed by atoms with van der Waals surface area (Å²) in [5.41, 5.74) is 1.05. The number of thiazole rings is 1. The Morgan fingerprint density at radius 2 is 2.16 bits per heavy atom. The Morgan fingerprint density at radius 1 is 1.32 bits per heavy atom. The highest BCUT2D eigenvalue weighted by atomic mass is 32.1. The van der Waals surface area contributed by atoms with Gasteiger partial charge in [0.25, 0.3) is 0 Å². The van der Waals surface area contributed by atoms with Gasteiger partial charge >= 0.3 is 0 Å². The number of hydrogen-bond donors (Lipinski definition) is 1. The van der Waals surface area contributed by atoms with Crippen LogP contribution in [0.3, 0.4) is 0 Å². The Morgan fingerprint density at radius 3 is 2.95 bits per heavy atom. The van der Waals surface area contributed by atoms with Crippen LogP contribution in [0.2, 0.25) is 0 Å². The summed E-state index contributed by atoms with van der Waals surface area (Å²) in [6.45, 7) is 2.34. The first-order valence-corrected chi connectivity index (χ1v) is 7.79. The number of anilines is 1. The van der Waals surface area contributed by atoms with E-state index >= 15 is 0 Å². The first-order chi connectivity index (χ1) is 9.26. The van der Waals surface area contributed by atoms with E-state index in [1.807, 2.05) is 12.1 Å². The van der Waals surface area contributed by atoms with E-state index in [2.05, 4.69) is 23.3 Å². The molecule has 19 heavy (non-hydrogen) atoms. The van der Waals surface area contributed by atoms with Crippen molar-refractivity contribution in [1.82, 2.24) is 4.98 Å². The highest BCUT2D eigenvalue weighted by Gasteiger charge is 2.21. The molecule has 0 bridgehead atoms. The molecule has 3 nitrogen and oxygen atoms in total. The van der Waals surface area contributed by atoms with E-state index in [9.17, 15) is 0 Å². The van der Waals surface area contributed by atoms with Gasteiger partial charge in [0.1, 0.15) is 5.75 Å². The number of hydrogen-bond acceptors (Lipinski definition) is 4. The van der Waals surface area contributed by atoms with E-state index in [0.717, 1.165) is 22.3 Å². The van der Waals surface area contributed by atoms with Crippen LogP contribution in [0.15, 0.2) is 18.2 Å². The van der Waals surface area contributed by atoms with Crippen LogP contribution in [0.1, 0.15) is 32.6 Å². The molecule has 102 valence electrons. The molecule has 0 aliphatic heterocycles. The number of rotatable bonds is 3. The van der Waals surface area contributed by atoms with Gasteiger partial charge < -0.3 is 10.1 Å². The van der Waals surface area contributed by atoms with Crippen LogP contribution in [0.4, 0.5) is 5.13 Å². The second-order valence-corrected chi connectivity index (χ2v) is 6.40. The molecule has 1 heterocycles. The van der Waals surface area contributed by atoms with Crippen molar-refractivity contribution in [2.75, 3.05) is 12.4 Å². The lowest BCUT2D eigenvalue weighted by molar-refractivity contribution is 0.349. The van der Waals surface area contributed by atoms with Crippen molar-refractivity contribution in [1.29, 1.82) is 0 Å². The molecule has 4 heteroatoms. The minimum atomic E-state index is 0.580. The zero-order valence-corrected chi connectivity index (χ0v) is 12.3. The molecule has 1 aliphatic carbocycles. The second-order valence-electron chi connectivity index (χ2n) is 5.37. The number of nitrogens with one attached hydrogen (secondary N) is 1. The monoisotopic (exact) mass is 276 g/mol. The van der Waals surface area contributed by atoms with E-state index in [1.54, 1.807) is 18.4 Å². The Bertz CT molecular complexity index is 566. The standard InChI is InChI=1S/C15H20N2OS/c1-10-5-3-4-6-12(10)16-15-17-13-8-7-11(18-2)9-14(13)19-15/h7-10,12H,3-6H2,1-2H3,(H,16,17). The van der Waals surface area contributed by atoms with Crippen molar-refractivity contribution in [3.8, 4) is 5.75 Å². The second kappa shape index (κ2) is 5.37. The molecule has 1 aromatic carbocycles. The van der Waals surface area contributed by atoms with Crippen LogP contribution in [-0.2, 0) is 0 Å². The number of methoxy groups -OCH3 is 1. The fraction of sp³-hybridized carbons (Fsp3) is 0.533. The minimum absolute atomic E-state index is 0.580. The van der Waals surface area contributed by atoms with Crippen molar-refractivity contribution in [2.24, 2.45) is 5.92 Å². The molecule has 0 amide bonds. The summed E-state index contributed by atoms with van der Waals surface area (Å²) in [4.78, 5) is 4.67. The average Bonchev–Trinajstić information content (AvgIpc) is 2.82. The van der Waals surface area contributed by atoms with Crippen molar-refractivity contribution in [3.63, 3.8) is 0 Å². The van der Waals surface area contributed by atoms with Crippen molar-refractivity contribution in [3.05, 3.63) is 18.2 Å². The number of benzene rings is 1. The summed E-state index contributed by atoms with van der Waals surface area (Å²) in [6.07, 6.45) is 5.30. The van der Waals surface area contributed by atoms with Crippen LogP contribution in [-0.4, -0.2) is 18.1 Å². The maximum atomic E-state index is 5.26.